The van der Waals surface area contributed by atoms with Gasteiger partial charge in [0, 0.05) is 43.4 Å². The van der Waals surface area contributed by atoms with Crippen LogP contribution < -0.4 is 14.9 Å². The molecule has 0 amide bonds. The number of fused-ring (bicyclic) bond motifs is 4. The van der Waals surface area contributed by atoms with E-state index in [1.165, 1.54) is 0 Å². The molecule has 2 heterocycles. The van der Waals surface area contributed by atoms with Crippen molar-refractivity contribution >= 4 is 11.0 Å². The summed E-state index contributed by atoms with van der Waals surface area (Å²) in [4.78, 5) is 13.5. The number of benzene rings is 2. The Morgan fingerprint density at radius 3 is 2.50 bits per heavy atom. The third kappa shape index (κ3) is 4.19. The van der Waals surface area contributed by atoms with Crippen LogP contribution in [0.4, 0.5) is 0 Å². The maximum Gasteiger partial charge on any atom is 0.197 e. The van der Waals surface area contributed by atoms with Gasteiger partial charge in [0.15, 0.2) is 12.2 Å². The summed E-state index contributed by atoms with van der Waals surface area (Å²) in [5.74, 6) is 1.79. The van der Waals surface area contributed by atoms with Gasteiger partial charge in [-0.05, 0) is 31.6 Å². The smallest absolute Gasteiger partial charge is 0.197 e. The molecule has 36 heavy (non-hydrogen) atoms. The predicted molar refractivity (Wildman–Crippen MR) is 136 cm³/mol. The zero-order valence-corrected chi connectivity index (χ0v) is 21.6. The van der Waals surface area contributed by atoms with Gasteiger partial charge in [-0.1, -0.05) is 44.2 Å². The second-order valence-electron chi connectivity index (χ2n) is 10.5. The van der Waals surface area contributed by atoms with Crippen molar-refractivity contribution < 1.29 is 28.1 Å². The molecule has 0 unspecified atom stereocenters. The van der Waals surface area contributed by atoms with Crippen LogP contribution in [0.1, 0.15) is 39.2 Å². The van der Waals surface area contributed by atoms with Gasteiger partial charge in [-0.3, -0.25) is 4.79 Å². The summed E-state index contributed by atoms with van der Waals surface area (Å²) >= 11 is 0. The number of methoxy groups -OCH3 is 2. The van der Waals surface area contributed by atoms with Crippen LogP contribution in [0.2, 0.25) is 0 Å². The van der Waals surface area contributed by atoms with E-state index in [2.05, 4.69) is 20.8 Å². The Labute approximate surface area is 211 Å². The van der Waals surface area contributed by atoms with E-state index in [0.717, 1.165) is 24.0 Å². The fourth-order valence-electron chi connectivity index (χ4n) is 6.07. The monoisotopic (exact) mass is 494 g/mol. The second-order valence-corrected chi connectivity index (χ2v) is 10.5. The fraction of sp³-hybridized carbons (Fsp3) is 0.483. The van der Waals surface area contributed by atoms with Gasteiger partial charge in [-0.2, -0.15) is 0 Å². The van der Waals surface area contributed by atoms with Crippen molar-refractivity contribution in [2.75, 3.05) is 27.8 Å². The Morgan fingerprint density at radius 1 is 1.03 bits per heavy atom. The van der Waals surface area contributed by atoms with Gasteiger partial charge >= 0.3 is 0 Å². The molecule has 0 bridgehead atoms. The van der Waals surface area contributed by atoms with Gasteiger partial charge in [-0.25, -0.2) is 0 Å². The number of hydrogen-bond acceptors (Lipinski definition) is 7. The Balaban J connectivity index is 1.65. The zero-order valence-electron chi connectivity index (χ0n) is 21.6. The molecule has 5 rings (SSSR count). The first-order valence-corrected chi connectivity index (χ1v) is 12.4. The highest BCUT2D eigenvalue weighted by Crippen LogP contribution is 2.56. The lowest BCUT2D eigenvalue weighted by Crippen LogP contribution is -2.59. The minimum absolute atomic E-state index is 0.0305. The molecule has 0 spiro atoms. The summed E-state index contributed by atoms with van der Waals surface area (Å²) in [5.41, 5.74) is 1.33. The molecule has 1 aliphatic heterocycles. The van der Waals surface area contributed by atoms with Crippen LogP contribution in [0, 0.1) is 11.3 Å². The Morgan fingerprint density at radius 2 is 1.78 bits per heavy atom. The molecule has 1 fully saturated rings. The third-order valence-electron chi connectivity index (χ3n) is 7.92. The van der Waals surface area contributed by atoms with E-state index >= 15 is 0 Å². The highest BCUT2D eigenvalue weighted by molar-refractivity contribution is 5.89. The van der Waals surface area contributed by atoms with Gasteiger partial charge in [-0.15, -0.1) is 0 Å². The van der Waals surface area contributed by atoms with Crippen molar-refractivity contribution in [2.24, 2.45) is 11.3 Å². The minimum atomic E-state index is -0.471. The first kappa shape index (κ1) is 24.8. The largest absolute Gasteiger partial charge is 0.486 e. The lowest BCUT2D eigenvalue weighted by molar-refractivity contribution is -0.185. The van der Waals surface area contributed by atoms with Crippen LogP contribution >= 0.6 is 0 Å². The van der Waals surface area contributed by atoms with E-state index in [1.54, 1.807) is 26.4 Å². The molecule has 0 radical (unpaired) electrons. The van der Waals surface area contributed by atoms with Crippen molar-refractivity contribution in [1.29, 1.82) is 0 Å². The molecular formula is C29H34O7. The second kappa shape index (κ2) is 9.54. The lowest BCUT2D eigenvalue weighted by Gasteiger charge is -2.56. The van der Waals surface area contributed by atoms with E-state index in [-0.39, 0.29) is 36.5 Å². The van der Waals surface area contributed by atoms with Gasteiger partial charge in [0.05, 0.1) is 6.10 Å². The maximum absolute atomic E-state index is 13.5. The van der Waals surface area contributed by atoms with Crippen molar-refractivity contribution in [3.63, 3.8) is 0 Å². The third-order valence-corrected chi connectivity index (χ3v) is 7.92. The maximum atomic E-state index is 13.5. The van der Waals surface area contributed by atoms with Crippen LogP contribution in [0.5, 0.6) is 11.5 Å². The number of rotatable bonds is 7. The van der Waals surface area contributed by atoms with E-state index < -0.39 is 5.60 Å². The molecule has 2 aromatic carbocycles. The van der Waals surface area contributed by atoms with Crippen molar-refractivity contribution in [3.05, 3.63) is 58.3 Å². The highest BCUT2D eigenvalue weighted by Gasteiger charge is 2.56. The first-order valence-electron chi connectivity index (χ1n) is 12.4. The normalized spacial score (nSPS) is 24.6. The summed E-state index contributed by atoms with van der Waals surface area (Å²) in [7, 11) is 3.22. The molecule has 0 saturated heterocycles. The summed E-state index contributed by atoms with van der Waals surface area (Å²) in [6.07, 6.45) is 2.35. The Kier molecular flexibility index (Phi) is 6.57. The van der Waals surface area contributed by atoms with Gasteiger partial charge in [0.2, 0.25) is 0 Å². The van der Waals surface area contributed by atoms with Crippen LogP contribution in [-0.2, 0) is 20.6 Å². The van der Waals surface area contributed by atoms with E-state index in [9.17, 15) is 4.79 Å². The topological polar surface area (TPSA) is 76.4 Å². The summed E-state index contributed by atoms with van der Waals surface area (Å²) in [5, 5.41) is 0.449. The van der Waals surface area contributed by atoms with Crippen molar-refractivity contribution in [1.82, 2.24) is 0 Å². The number of hydrogen-bond donors (Lipinski definition) is 0. The van der Waals surface area contributed by atoms with Crippen LogP contribution in [0.3, 0.4) is 0 Å². The Hall–Kier alpha value is -2.87. The number of ether oxygens (including phenoxy) is 5. The molecule has 7 heteroatoms. The quantitative estimate of drug-likeness (QED) is 0.398. The Bertz CT molecular complexity index is 1300. The fourth-order valence-corrected chi connectivity index (χ4v) is 6.07. The molecule has 7 nitrogen and oxygen atoms in total. The standard InChI is InChI=1S/C29H34O7/c1-28(2)24-13-19-22(33-16-31-4)15-23-26(20(30)14-21(35-23)18-9-7-6-8-10-18)27(19)36-29(24,3)12-11-25(28)34-17-32-5/h6-10,14-15,24-25H,11-13,16-17H2,1-5H3/t24-,25-,29-/m1/s1. The molecule has 3 atom stereocenters. The highest BCUT2D eigenvalue weighted by atomic mass is 16.7. The SMILES string of the molecule is COCOc1cc2oc(-c3ccccc3)cc(=O)c2c2c1C[C@@H]1C(C)(C)[C@H](OCOC)CC[C@@]1(C)O2. The first-order chi connectivity index (χ1) is 17.3. The van der Waals surface area contributed by atoms with Gasteiger partial charge in [0.25, 0.3) is 0 Å². The predicted octanol–water partition coefficient (Wildman–Crippen LogP) is 5.56. The molecule has 192 valence electrons. The minimum Gasteiger partial charge on any atom is -0.486 e. The average Bonchev–Trinajstić information content (AvgIpc) is 2.86. The summed E-state index contributed by atoms with van der Waals surface area (Å²) in [6, 6.07) is 12.9. The summed E-state index contributed by atoms with van der Waals surface area (Å²) < 4.78 is 35.5. The van der Waals surface area contributed by atoms with E-state index in [4.69, 9.17) is 28.1 Å². The van der Waals surface area contributed by atoms with Crippen molar-refractivity contribution in [2.45, 2.75) is 51.7 Å². The van der Waals surface area contributed by atoms with E-state index in [1.807, 2.05) is 30.3 Å². The van der Waals surface area contributed by atoms with Gasteiger partial charge < -0.3 is 28.1 Å². The molecule has 2 aliphatic rings. The molecule has 1 saturated carbocycles. The van der Waals surface area contributed by atoms with Crippen LogP contribution in [-0.4, -0.2) is 39.5 Å². The molecule has 1 aromatic heterocycles. The lowest BCUT2D eigenvalue weighted by atomic mass is 9.57. The average molecular weight is 495 g/mol. The van der Waals surface area contributed by atoms with Gasteiger partial charge in [0.1, 0.15) is 40.6 Å². The molecule has 0 N–H and O–H groups in total. The van der Waals surface area contributed by atoms with Crippen LogP contribution in [0.15, 0.2) is 51.7 Å². The van der Waals surface area contributed by atoms with E-state index in [0.29, 0.717) is 34.6 Å². The van der Waals surface area contributed by atoms with Crippen LogP contribution in [0.25, 0.3) is 22.3 Å². The van der Waals surface area contributed by atoms with Crippen molar-refractivity contribution in [3.8, 4) is 22.8 Å². The zero-order chi connectivity index (χ0) is 25.5. The molecule has 3 aromatic rings. The summed E-state index contributed by atoms with van der Waals surface area (Å²) in [6.45, 7) is 6.92. The molecule has 1 aliphatic carbocycles. The molecular weight excluding hydrogens is 460 g/mol.